The van der Waals surface area contributed by atoms with E-state index in [1.807, 2.05) is 30.3 Å². The van der Waals surface area contributed by atoms with Gasteiger partial charge in [0.2, 0.25) is 0 Å². The van der Waals surface area contributed by atoms with Gasteiger partial charge in [0.05, 0.1) is 0 Å². The van der Waals surface area contributed by atoms with Crippen LogP contribution in [-0.2, 0) is 14.4 Å². The third kappa shape index (κ3) is 1.78. The van der Waals surface area contributed by atoms with Gasteiger partial charge in [-0.25, -0.2) is 4.79 Å². The van der Waals surface area contributed by atoms with Gasteiger partial charge >= 0.3 is 5.97 Å². The zero-order valence-electron chi connectivity index (χ0n) is 9.58. The molecule has 2 rings (SSSR count). The summed E-state index contributed by atoms with van der Waals surface area (Å²) in [4.78, 5) is 16.2. The Labute approximate surface area is 98.6 Å². The zero-order valence-corrected chi connectivity index (χ0v) is 9.58. The van der Waals surface area contributed by atoms with Gasteiger partial charge in [0, 0.05) is 12.7 Å². The molecule has 0 saturated carbocycles. The molecule has 17 heavy (non-hydrogen) atoms. The summed E-state index contributed by atoms with van der Waals surface area (Å²) in [5.41, 5.74) is -0.178. The minimum absolute atomic E-state index is 0.498. The minimum Gasteiger partial charge on any atom is -0.478 e. The fourth-order valence-corrected chi connectivity index (χ4v) is 1.80. The average molecular weight is 235 g/mol. The summed E-state index contributed by atoms with van der Waals surface area (Å²) in [6, 6.07) is 9.24. The number of rotatable bonds is 3. The van der Waals surface area contributed by atoms with Crippen molar-refractivity contribution >= 4 is 11.7 Å². The van der Waals surface area contributed by atoms with Crippen LogP contribution in [0.25, 0.3) is 0 Å². The van der Waals surface area contributed by atoms with Crippen molar-refractivity contribution < 1.29 is 19.5 Å². The lowest BCUT2D eigenvalue weighted by Crippen LogP contribution is -2.49. The lowest BCUT2D eigenvalue weighted by molar-refractivity contribution is -0.170. The van der Waals surface area contributed by atoms with E-state index in [9.17, 15) is 4.79 Å². The highest BCUT2D eigenvalue weighted by atomic mass is 16.7. The van der Waals surface area contributed by atoms with E-state index >= 15 is 0 Å². The van der Waals surface area contributed by atoms with E-state index in [2.05, 4.69) is 5.16 Å². The van der Waals surface area contributed by atoms with Crippen molar-refractivity contribution in [3.05, 3.63) is 35.9 Å². The highest BCUT2D eigenvalue weighted by Crippen LogP contribution is 2.29. The number of aliphatic carboxylic acids is 1. The molecule has 1 aliphatic heterocycles. The molecule has 0 spiro atoms. The molecule has 5 nitrogen and oxygen atoms in total. The molecular weight excluding hydrogens is 222 g/mol. The summed E-state index contributed by atoms with van der Waals surface area (Å²) >= 11 is 0. The predicted octanol–water partition coefficient (Wildman–Crippen LogP) is 1.28. The first-order chi connectivity index (χ1) is 8.09. The third-order valence-corrected chi connectivity index (χ3v) is 2.81. The predicted molar refractivity (Wildman–Crippen MR) is 60.9 cm³/mol. The second-order valence-corrected chi connectivity index (χ2v) is 3.96. The summed E-state index contributed by atoms with van der Waals surface area (Å²) in [5.74, 6) is -1.10. The molecule has 0 fully saturated rings. The fraction of sp³-hybridized carbons (Fsp3) is 0.333. The normalized spacial score (nSPS) is 27.4. The van der Waals surface area contributed by atoms with E-state index in [1.165, 1.54) is 14.0 Å². The highest BCUT2D eigenvalue weighted by Gasteiger charge is 2.52. The Balaban J connectivity index is 2.36. The zero-order chi connectivity index (χ0) is 12.5. The number of carboxylic acid groups (broad SMARTS) is 1. The van der Waals surface area contributed by atoms with Gasteiger partial charge in [0.25, 0.3) is 5.60 Å². The summed E-state index contributed by atoms with van der Waals surface area (Å²) in [6.45, 7) is 1.45. The van der Waals surface area contributed by atoms with Gasteiger partial charge in [-0.2, -0.15) is 0 Å². The highest BCUT2D eigenvalue weighted by molar-refractivity contribution is 6.08. The fourth-order valence-electron chi connectivity index (χ4n) is 1.80. The number of hydrogen-bond acceptors (Lipinski definition) is 4. The van der Waals surface area contributed by atoms with Crippen LogP contribution in [0.15, 0.2) is 35.5 Å². The van der Waals surface area contributed by atoms with Crippen LogP contribution in [0.2, 0.25) is 0 Å². The quantitative estimate of drug-likeness (QED) is 0.856. The molecule has 0 saturated heterocycles. The van der Waals surface area contributed by atoms with Crippen LogP contribution < -0.4 is 0 Å². The number of carbonyl (C=O) groups is 1. The van der Waals surface area contributed by atoms with E-state index in [0.717, 1.165) is 5.56 Å². The minimum atomic E-state index is -1.47. The number of hydrogen-bond donors (Lipinski definition) is 1. The molecule has 2 unspecified atom stereocenters. The van der Waals surface area contributed by atoms with Crippen molar-refractivity contribution in [1.82, 2.24) is 0 Å². The summed E-state index contributed by atoms with van der Waals surface area (Å²) in [5, 5.41) is 13.0. The van der Waals surface area contributed by atoms with Crippen LogP contribution in [0, 0.1) is 0 Å². The molecule has 1 aromatic carbocycles. The maximum atomic E-state index is 11.2. The van der Waals surface area contributed by atoms with Crippen LogP contribution >= 0.6 is 0 Å². The van der Waals surface area contributed by atoms with Gasteiger partial charge in [-0.1, -0.05) is 35.5 Å². The Morgan fingerprint density at radius 2 is 2.12 bits per heavy atom. The second-order valence-electron chi connectivity index (χ2n) is 3.96. The third-order valence-electron chi connectivity index (χ3n) is 2.81. The Morgan fingerprint density at radius 1 is 1.47 bits per heavy atom. The number of carboxylic acids is 1. The van der Waals surface area contributed by atoms with Gasteiger partial charge in [-0.05, 0) is 6.92 Å². The van der Waals surface area contributed by atoms with Gasteiger partial charge in [-0.3, -0.25) is 0 Å². The Bertz CT molecular complexity index is 457. The molecule has 1 N–H and O–H groups in total. The number of benzene rings is 1. The van der Waals surface area contributed by atoms with Crippen molar-refractivity contribution in [3.8, 4) is 0 Å². The van der Waals surface area contributed by atoms with Crippen molar-refractivity contribution in [3.63, 3.8) is 0 Å². The Kier molecular flexibility index (Phi) is 2.85. The van der Waals surface area contributed by atoms with Gasteiger partial charge in [0.15, 0.2) is 6.10 Å². The average Bonchev–Trinajstić information content (AvgIpc) is 2.69. The first kappa shape index (κ1) is 11.6. The molecule has 0 aliphatic carbocycles. The van der Waals surface area contributed by atoms with Crippen molar-refractivity contribution in [1.29, 1.82) is 0 Å². The first-order valence-electron chi connectivity index (χ1n) is 5.17. The first-order valence-corrected chi connectivity index (χ1v) is 5.17. The monoisotopic (exact) mass is 235 g/mol. The lowest BCUT2D eigenvalue weighted by atomic mass is 9.92. The molecule has 0 bridgehead atoms. The lowest BCUT2D eigenvalue weighted by Gasteiger charge is -2.23. The molecule has 0 amide bonds. The largest absolute Gasteiger partial charge is 0.478 e. The molecule has 1 heterocycles. The van der Waals surface area contributed by atoms with E-state index in [0.29, 0.717) is 5.71 Å². The molecule has 1 aliphatic rings. The van der Waals surface area contributed by atoms with Crippen molar-refractivity contribution in [2.75, 3.05) is 7.11 Å². The number of nitrogens with zero attached hydrogens (tertiary/aromatic N) is 1. The maximum Gasteiger partial charge on any atom is 0.353 e. The Hall–Kier alpha value is -1.88. The number of ether oxygens (including phenoxy) is 1. The van der Waals surface area contributed by atoms with Gasteiger partial charge in [0.1, 0.15) is 5.71 Å². The van der Waals surface area contributed by atoms with E-state index in [-0.39, 0.29) is 0 Å². The van der Waals surface area contributed by atoms with E-state index in [1.54, 1.807) is 0 Å². The smallest absolute Gasteiger partial charge is 0.353 e. The van der Waals surface area contributed by atoms with Crippen molar-refractivity contribution in [2.45, 2.75) is 18.6 Å². The molecule has 5 heteroatoms. The molecular formula is C12H13NO4. The second kappa shape index (κ2) is 4.18. The van der Waals surface area contributed by atoms with Crippen LogP contribution in [-0.4, -0.2) is 35.6 Å². The van der Waals surface area contributed by atoms with E-state index < -0.39 is 17.7 Å². The number of oxime groups is 1. The van der Waals surface area contributed by atoms with Gasteiger partial charge in [-0.15, -0.1) is 0 Å². The topological polar surface area (TPSA) is 68.1 Å². The standard InChI is InChI=1S/C12H13NO4/c1-12(11(14)15)10(16-2)9(13-17-12)8-6-4-3-5-7-8/h3-7,10H,1-2H3,(H,14,15). The summed E-state index contributed by atoms with van der Waals surface area (Å²) in [6.07, 6.45) is -0.720. The van der Waals surface area contributed by atoms with Crippen LogP contribution in [0.1, 0.15) is 12.5 Å². The van der Waals surface area contributed by atoms with Crippen LogP contribution in [0.3, 0.4) is 0 Å². The molecule has 2 atom stereocenters. The van der Waals surface area contributed by atoms with Crippen LogP contribution in [0.4, 0.5) is 0 Å². The molecule has 1 aromatic rings. The number of methoxy groups -OCH3 is 1. The Morgan fingerprint density at radius 3 is 2.65 bits per heavy atom. The van der Waals surface area contributed by atoms with Crippen molar-refractivity contribution in [2.24, 2.45) is 5.16 Å². The summed E-state index contributed by atoms with van der Waals surface area (Å²) < 4.78 is 5.22. The molecule has 0 aromatic heterocycles. The SMILES string of the molecule is COC1C(c2ccccc2)=NOC1(C)C(=O)O. The van der Waals surface area contributed by atoms with Crippen LogP contribution in [0.5, 0.6) is 0 Å². The van der Waals surface area contributed by atoms with E-state index in [4.69, 9.17) is 14.7 Å². The van der Waals surface area contributed by atoms with Gasteiger partial charge < -0.3 is 14.7 Å². The molecule has 0 radical (unpaired) electrons. The maximum absolute atomic E-state index is 11.2. The molecule has 90 valence electrons. The summed E-state index contributed by atoms with van der Waals surface area (Å²) in [7, 11) is 1.44.